The van der Waals surface area contributed by atoms with Crippen molar-refractivity contribution in [1.82, 2.24) is 5.32 Å². The van der Waals surface area contributed by atoms with Gasteiger partial charge in [0.2, 0.25) is 0 Å². The molecule has 1 aliphatic heterocycles. The van der Waals surface area contributed by atoms with Gasteiger partial charge in [0, 0.05) is 54.7 Å². The van der Waals surface area contributed by atoms with Crippen LogP contribution in [0.1, 0.15) is 44.9 Å². The molecule has 0 aromatic carbocycles. The lowest BCUT2D eigenvalue weighted by molar-refractivity contribution is -0.136. The lowest BCUT2D eigenvalue weighted by Gasteiger charge is -2.39. The van der Waals surface area contributed by atoms with Crippen molar-refractivity contribution in [3.63, 3.8) is 0 Å². The molecule has 34 heavy (non-hydrogen) atoms. The van der Waals surface area contributed by atoms with E-state index in [1.54, 1.807) is 42.7 Å². The second-order valence-corrected chi connectivity index (χ2v) is 10.0. The van der Waals surface area contributed by atoms with Crippen LogP contribution in [0.25, 0.3) is 0 Å². The van der Waals surface area contributed by atoms with E-state index in [1.807, 2.05) is 0 Å². The lowest BCUT2D eigenvalue weighted by atomic mass is 9.82. The highest BCUT2D eigenvalue weighted by Gasteiger charge is 2.39. The van der Waals surface area contributed by atoms with Gasteiger partial charge in [-0.1, -0.05) is 24.3 Å². The van der Waals surface area contributed by atoms with Gasteiger partial charge in [-0.05, 0) is 56.8 Å². The molecule has 3 aliphatic rings. The minimum Gasteiger partial charge on any atom is -0.379 e. The number of hydrogen-bond acceptors (Lipinski definition) is 7. The average molecular weight is 482 g/mol. The third-order valence-electron chi connectivity index (χ3n) is 8.05. The molecule has 196 valence electrons. The van der Waals surface area contributed by atoms with Crippen molar-refractivity contribution in [2.24, 2.45) is 11.8 Å². The van der Waals surface area contributed by atoms with E-state index in [2.05, 4.69) is 29.6 Å². The maximum atomic E-state index is 5.71. The number of nitrogens with one attached hydrogen (secondary N) is 1. The largest absolute Gasteiger partial charge is 0.379 e. The first-order valence-corrected chi connectivity index (χ1v) is 12.9. The van der Waals surface area contributed by atoms with Gasteiger partial charge in [-0.2, -0.15) is 0 Å². The van der Waals surface area contributed by atoms with Gasteiger partial charge in [-0.15, -0.1) is 0 Å². The highest BCUT2D eigenvalue weighted by molar-refractivity contribution is 5.08. The predicted octanol–water partition coefficient (Wildman–Crippen LogP) is 3.52. The molecule has 6 atom stereocenters. The fourth-order valence-electron chi connectivity index (χ4n) is 6.13. The van der Waals surface area contributed by atoms with Gasteiger partial charge in [0.15, 0.2) is 0 Å². The zero-order chi connectivity index (χ0) is 24.5. The Morgan fingerprint density at radius 2 is 0.853 bits per heavy atom. The Hall–Kier alpha value is -0.800. The summed E-state index contributed by atoms with van der Waals surface area (Å²) in [5.41, 5.74) is 0. The normalized spacial score (nSPS) is 41.9. The molecule has 6 unspecified atom stereocenters. The summed E-state index contributed by atoms with van der Waals surface area (Å²) in [5, 5.41) is 3.83. The molecule has 1 N–H and O–H groups in total. The molecule has 7 nitrogen and oxygen atoms in total. The van der Waals surface area contributed by atoms with Crippen molar-refractivity contribution in [2.75, 3.05) is 42.7 Å². The van der Waals surface area contributed by atoms with E-state index in [-0.39, 0.29) is 36.6 Å². The summed E-state index contributed by atoms with van der Waals surface area (Å²) in [7, 11) is 10.5. The molecule has 3 fully saturated rings. The second kappa shape index (κ2) is 14.1. The predicted molar refractivity (Wildman–Crippen MR) is 133 cm³/mol. The third kappa shape index (κ3) is 7.12. The smallest absolute Gasteiger partial charge is 0.109 e. The molecule has 1 saturated heterocycles. The average Bonchev–Trinajstić information content (AvgIpc) is 2.89. The summed E-state index contributed by atoms with van der Waals surface area (Å²) < 4.78 is 34.2. The van der Waals surface area contributed by atoms with Crippen molar-refractivity contribution in [3.8, 4) is 0 Å². The van der Waals surface area contributed by atoms with Crippen LogP contribution in [0.4, 0.5) is 0 Å². The minimum absolute atomic E-state index is 0.00339. The molecular formula is C27H47NO6. The van der Waals surface area contributed by atoms with Crippen molar-refractivity contribution in [3.05, 3.63) is 24.3 Å². The SMILES string of the molecule is COC1CC(/C=C/C2CCCC(/C=C/C3CC(OC)C(OC)C(OC)C3)N2)CC(OC)C1OC. The molecular weight excluding hydrogens is 434 g/mol. The van der Waals surface area contributed by atoms with Crippen LogP contribution in [0.2, 0.25) is 0 Å². The van der Waals surface area contributed by atoms with Crippen LogP contribution in [0.5, 0.6) is 0 Å². The van der Waals surface area contributed by atoms with Gasteiger partial charge in [0.1, 0.15) is 12.2 Å². The van der Waals surface area contributed by atoms with E-state index in [4.69, 9.17) is 28.4 Å². The van der Waals surface area contributed by atoms with Crippen molar-refractivity contribution in [2.45, 2.75) is 93.7 Å². The lowest BCUT2D eigenvalue weighted by Crippen LogP contribution is -2.47. The van der Waals surface area contributed by atoms with E-state index in [1.165, 1.54) is 19.3 Å². The first kappa shape index (κ1) is 27.8. The monoisotopic (exact) mass is 481 g/mol. The molecule has 0 aromatic heterocycles. The fraction of sp³-hybridized carbons (Fsp3) is 0.852. The molecule has 2 saturated carbocycles. The molecule has 0 aromatic rings. The minimum atomic E-state index is -0.00339. The standard InChI is InChI=1S/C27H47NO6/c1-29-22-14-18(15-23(30-2)26(22)33-5)10-12-20-8-7-9-21(28-20)13-11-19-16-24(31-3)27(34-6)25(17-19)32-4/h10-13,18-28H,7-9,14-17H2,1-6H3/b12-10+,13-11+. The molecule has 0 spiro atoms. The summed E-state index contributed by atoms with van der Waals surface area (Å²) in [4.78, 5) is 0. The Bertz CT molecular complexity index is 563. The van der Waals surface area contributed by atoms with E-state index in [0.717, 1.165) is 25.7 Å². The summed E-state index contributed by atoms with van der Waals surface area (Å²) in [6, 6.07) is 0.793. The van der Waals surface area contributed by atoms with Gasteiger partial charge in [-0.25, -0.2) is 0 Å². The molecule has 0 bridgehead atoms. The molecule has 7 heteroatoms. The van der Waals surface area contributed by atoms with Crippen LogP contribution in [0.15, 0.2) is 24.3 Å². The van der Waals surface area contributed by atoms with Crippen LogP contribution in [0, 0.1) is 11.8 Å². The van der Waals surface area contributed by atoms with E-state index in [9.17, 15) is 0 Å². The Kier molecular flexibility index (Phi) is 11.5. The summed E-state index contributed by atoms with van der Waals surface area (Å²) >= 11 is 0. The number of allylic oxidation sites excluding steroid dienone is 2. The summed E-state index contributed by atoms with van der Waals surface area (Å²) in [5.74, 6) is 0.874. The van der Waals surface area contributed by atoms with Crippen molar-refractivity contribution >= 4 is 0 Å². The Morgan fingerprint density at radius 1 is 0.500 bits per heavy atom. The van der Waals surface area contributed by atoms with Crippen LogP contribution < -0.4 is 5.32 Å². The van der Waals surface area contributed by atoms with Crippen molar-refractivity contribution < 1.29 is 28.4 Å². The van der Waals surface area contributed by atoms with Crippen LogP contribution in [-0.4, -0.2) is 91.4 Å². The Labute approximate surface area is 206 Å². The summed E-state index contributed by atoms with van der Waals surface area (Å²) in [6.45, 7) is 0. The zero-order valence-electron chi connectivity index (χ0n) is 22.0. The van der Waals surface area contributed by atoms with Gasteiger partial charge in [-0.3, -0.25) is 0 Å². The highest BCUT2D eigenvalue weighted by Crippen LogP contribution is 2.33. The maximum absolute atomic E-state index is 5.71. The van der Waals surface area contributed by atoms with Crippen molar-refractivity contribution in [1.29, 1.82) is 0 Å². The molecule has 0 amide bonds. The summed E-state index contributed by atoms with van der Waals surface area (Å²) in [6.07, 6.45) is 17.1. The van der Waals surface area contributed by atoms with E-state index >= 15 is 0 Å². The zero-order valence-corrected chi connectivity index (χ0v) is 22.0. The Balaban J connectivity index is 1.54. The maximum Gasteiger partial charge on any atom is 0.109 e. The fourth-order valence-corrected chi connectivity index (χ4v) is 6.13. The molecule has 0 radical (unpaired) electrons. The first-order chi connectivity index (χ1) is 16.6. The second-order valence-electron chi connectivity index (χ2n) is 10.0. The first-order valence-electron chi connectivity index (χ1n) is 12.9. The topological polar surface area (TPSA) is 67.4 Å². The van der Waals surface area contributed by atoms with E-state index < -0.39 is 0 Å². The Morgan fingerprint density at radius 3 is 1.15 bits per heavy atom. The van der Waals surface area contributed by atoms with E-state index in [0.29, 0.717) is 23.9 Å². The van der Waals surface area contributed by atoms with Crippen LogP contribution in [0.3, 0.4) is 0 Å². The number of hydrogen-bond donors (Lipinski definition) is 1. The number of piperidine rings is 1. The number of ether oxygens (including phenoxy) is 6. The molecule has 1 heterocycles. The number of methoxy groups -OCH3 is 6. The quantitative estimate of drug-likeness (QED) is 0.479. The highest BCUT2D eigenvalue weighted by atomic mass is 16.6. The van der Waals surface area contributed by atoms with Crippen LogP contribution >= 0.6 is 0 Å². The third-order valence-corrected chi connectivity index (χ3v) is 8.05. The van der Waals surface area contributed by atoms with Gasteiger partial charge in [0.05, 0.1) is 24.4 Å². The van der Waals surface area contributed by atoms with Gasteiger partial charge >= 0.3 is 0 Å². The molecule has 3 rings (SSSR count). The number of rotatable bonds is 10. The van der Waals surface area contributed by atoms with Gasteiger partial charge < -0.3 is 33.7 Å². The van der Waals surface area contributed by atoms with Crippen LogP contribution in [-0.2, 0) is 28.4 Å². The van der Waals surface area contributed by atoms with Gasteiger partial charge in [0.25, 0.3) is 0 Å². The molecule has 2 aliphatic carbocycles.